The highest BCUT2D eigenvalue weighted by molar-refractivity contribution is 5.90. The summed E-state index contributed by atoms with van der Waals surface area (Å²) in [5.74, 6) is 0.949. The lowest BCUT2D eigenvalue weighted by Gasteiger charge is -2.39. The van der Waals surface area contributed by atoms with Crippen molar-refractivity contribution >= 4 is 5.91 Å². The summed E-state index contributed by atoms with van der Waals surface area (Å²) in [5.41, 5.74) is 2.36. The maximum atomic E-state index is 13.0. The first-order chi connectivity index (χ1) is 17.2. The molecule has 1 saturated carbocycles. The summed E-state index contributed by atoms with van der Waals surface area (Å²) in [4.78, 5) is 31.9. The summed E-state index contributed by atoms with van der Waals surface area (Å²) < 4.78 is 0. The molecule has 5 rings (SSSR count). The van der Waals surface area contributed by atoms with Crippen LogP contribution in [-0.2, 0) is 19.6 Å². The van der Waals surface area contributed by atoms with Crippen molar-refractivity contribution in [2.45, 2.75) is 76.7 Å². The molecule has 2 aromatic heterocycles. The van der Waals surface area contributed by atoms with Crippen LogP contribution in [0.1, 0.15) is 72.5 Å². The van der Waals surface area contributed by atoms with Crippen molar-refractivity contribution in [2.75, 3.05) is 13.1 Å². The van der Waals surface area contributed by atoms with E-state index in [4.69, 9.17) is 0 Å². The lowest BCUT2D eigenvalue weighted by molar-refractivity contribution is 0.0714. The average Bonchev–Trinajstić information content (AvgIpc) is 3.63. The predicted octanol–water partition coefficient (Wildman–Crippen LogP) is 3.86. The van der Waals surface area contributed by atoms with Crippen LogP contribution in [-0.4, -0.2) is 60.8 Å². The highest BCUT2D eigenvalue weighted by Crippen LogP contribution is 2.26. The number of H-pyrrole nitrogens is 2. The highest BCUT2D eigenvalue weighted by Gasteiger charge is 2.26. The number of aromatic nitrogens is 4. The van der Waals surface area contributed by atoms with Gasteiger partial charge < -0.3 is 25.1 Å². The van der Waals surface area contributed by atoms with E-state index in [1.807, 2.05) is 0 Å². The fraction of sp³-hybridized carbons (Fsp3) is 0.519. The van der Waals surface area contributed by atoms with Gasteiger partial charge >= 0.3 is 0 Å². The third-order valence-electron chi connectivity index (χ3n) is 7.48. The van der Waals surface area contributed by atoms with Crippen LogP contribution in [0.15, 0.2) is 49.1 Å². The van der Waals surface area contributed by atoms with Crippen molar-refractivity contribution < 1.29 is 4.79 Å². The number of nitrogens with one attached hydrogen (secondary N) is 3. The maximum absolute atomic E-state index is 13.0. The fourth-order valence-corrected chi connectivity index (χ4v) is 5.47. The molecular formula is C27H37N7O. The Hall–Kier alpha value is -2.97. The maximum Gasteiger partial charge on any atom is 0.290 e. The number of benzene rings is 1. The molecule has 2 aliphatic rings. The number of hydrogen-bond donors (Lipinski definition) is 3. The number of rotatable bonds is 9. The van der Waals surface area contributed by atoms with E-state index in [1.54, 1.807) is 29.7 Å². The van der Waals surface area contributed by atoms with Crippen molar-refractivity contribution in [2.24, 2.45) is 0 Å². The largest absolute Gasteiger partial charge is 0.347 e. The molecule has 0 unspecified atom stereocenters. The van der Waals surface area contributed by atoms with Gasteiger partial charge in [0.15, 0.2) is 5.82 Å². The molecular weight excluding hydrogens is 438 g/mol. The Balaban J connectivity index is 1.12. The van der Waals surface area contributed by atoms with Gasteiger partial charge in [0.25, 0.3) is 5.91 Å². The minimum Gasteiger partial charge on any atom is -0.347 e. The van der Waals surface area contributed by atoms with Crippen molar-refractivity contribution in [3.63, 3.8) is 0 Å². The smallest absolute Gasteiger partial charge is 0.290 e. The monoisotopic (exact) mass is 475 g/mol. The molecule has 3 aromatic rings. The zero-order valence-electron chi connectivity index (χ0n) is 20.5. The van der Waals surface area contributed by atoms with Crippen molar-refractivity contribution in [1.29, 1.82) is 0 Å². The van der Waals surface area contributed by atoms with Gasteiger partial charge in [-0.3, -0.25) is 4.79 Å². The van der Waals surface area contributed by atoms with Gasteiger partial charge in [0, 0.05) is 50.0 Å². The van der Waals surface area contributed by atoms with E-state index in [9.17, 15) is 4.79 Å². The number of piperidine rings is 1. The van der Waals surface area contributed by atoms with E-state index in [0.29, 0.717) is 25.0 Å². The molecule has 0 bridgehead atoms. The van der Waals surface area contributed by atoms with Crippen molar-refractivity contribution in [3.05, 3.63) is 71.8 Å². The summed E-state index contributed by atoms with van der Waals surface area (Å²) in [6, 6.07) is 10.0. The van der Waals surface area contributed by atoms with Gasteiger partial charge in [0.2, 0.25) is 0 Å². The zero-order chi connectivity index (χ0) is 23.9. The second-order valence-electron chi connectivity index (χ2n) is 9.93. The second kappa shape index (κ2) is 11.6. The van der Waals surface area contributed by atoms with Gasteiger partial charge in [-0.05, 0) is 62.7 Å². The van der Waals surface area contributed by atoms with Crippen molar-refractivity contribution in [1.82, 2.24) is 35.1 Å². The van der Waals surface area contributed by atoms with Crippen LogP contribution in [0.4, 0.5) is 0 Å². The number of carbonyl (C=O) groups excluding carboxylic acids is 1. The second-order valence-corrected chi connectivity index (χ2v) is 9.93. The normalized spacial score (nSPS) is 21.1. The van der Waals surface area contributed by atoms with Crippen LogP contribution in [0, 0.1) is 0 Å². The summed E-state index contributed by atoms with van der Waals surface area (Å²) >= 11 is 0. The third-order valence-corrected chi connectivity index (χ3v) is 7.48. The van der Waals surface area contributed by atoms with Crippen LogP contribution in [0.5, 0.6) is 0 Å². The van der Waals surface area contributed by atoms with Gasteiger partial charge in [-0.2, -0.15) is 0 Å². The molecule has 2 fully saturated rings. The molecule has 0 atom stereocenters. The molecule has 8 heteroatoms. The molecule has 35 heavy (non-hydrogen) atoms. The number of carbonyl (C=O) groups is 1. The number of hydrogen-bond acceptors (Lipinski definition) is 5. The quantitative estimate of drug-likeness (QED) is 0.437. The topological polar surface area (TPSA) is 92.9 Å². The highest BCUT2D eigenvalue weighted by atomic mass is 16.2. The van der Waals surface area contributed by atoms with Gasteiger partial charge in [-0.1, -0.05) is 30.7 Å². The Kier molecular flexibility index (Phi) is 7.90. The van der Waals surface area contributed by atoms with E-state index in [0.717, 1.165) is 24.0 Å². The van der Waals surface area contributed by atoms with Crippen LogP contribution in [0.25, 0.3) is 0 Å². The molecule has 0 spiro atoms. The minimum atomic E-state index is -0.141. The Morgan fingerprint density at radius 1 is 0.914 bits per heavy atom. The van der Waals surface area contributed by atoms with E-state index in [1.165, 1.54) is 63.6 Å². The van der Waals surface area contributed by atoms with Gasteiger partial charge in [-0.15, -0.1) is 0 Å². The van der Waals surface area contributed by atoms with Crippen LogP contribution < -0.4 is 5.32 Å². The molecule has 186 valence electrons. The van der Waals surface area contributed by atoms with Crippen LogP contribution in [0.3, 0.4) is 0 Å². The number of likely N-dealkylation sites (tertiary alicyclic amines) is 1. The van der Waals surface area contributed by atoms with Crippen molar-refractivity contribution in [3.8, 4) is 0 Å². The minimum absolute atomic E-state index is 0.141. The van der Waals surface area contributed by atoms with Gasteiger partial charge in [0.05, 0.1) is 6.54 Å². The lowest BCUT2D eigenvalue weighted by atomic mass is 9.89. The Bertz CT molecular complexity index is 1020. The molecule has 1 aliphatic heterocycles. The third kappa shape index (κ3) is 6.38. The standard InChI is InChI=1S/C27H37N7O/c35-27(26-30-14-15-31-26)34(20-25-28-12-13-29-25)19-22-6-4-21(5-7-22)18-32-23-8-10-24(11-9-23)33-16-2-1-3-17-33/h4-7,12-15,23-24,32H,1-3,8-11,16-20H2,(H,28,29)(H,30,31). The average molecular weight is 476 g/mol. The lowest BCUT2D eigenvalue weighted by Crippen LogP contribution is -2.44. The van der Waals surface area contributed by atoms with Crippen LogP contribution in [0.2, 0.25) is 0 Å². The van der Waals surface area contributed by atoms with E-state index >= 15 is 0 Å². The summed E-state index contributed by atoms with van der Waals surface area (Å²) in [7, 11) is 0. The van der Waals surface area contributed by atoms with E-state index in [2.05, 4.69) is 54.4 Å². The summed E-state index contributed by atoms with van der Waals surface area (Å²) in [5, 5.41) is 3.78. The first-order valence-corrected chi connectivity index (χ1v) is 13.1. The van der Waals surface area contributed by atoms with Gasteiger partial charge in [0.1, 0.15) is 5.82 Å². The number of nitrogens with zero attached hydrogens (tertiary/aromatic N) is 4. The molecule has 1 saturated heterocycles. The number of amides is 1. The Morgan fingerprint density at radius 3 is 2.31 bits per heavy atom. The van der Waals surface area contributed by atoms with E-state index in [-0.39, 0.29) is 5.91 Å². The number of aromatic amines is 2. The SMILES string of the molecule is O=C(c1ncc[nH]1)N(Cc1ccc(CNC2CCC(N3CCCCC3)CC2)cc1)Cc1ncc[nH]1. The predicted molar refractivity (Wildman–Crippen MR) is 136 cm³/mol. The summed E-state index contributed by atoms with van der Waals surface area (Å²) in [6.07, 6.45) is 16.1. The fourth-order valence-electron chi connectivity index (χ4n) is 5.47. The van der Waals surface area contributed by atoms with Crippen LogP contribution >= 0.6 is 0 Å². The first kappa shape index (κ1) is 23.8. The molecule has 8 nitrogen and oxygen atoms in total. The molecule has 0 radical (unpaired) electrons. The van der Waals surface area contributed by atoms with E-state index < -0.39 is 0 Å². The molecule has 1 aliphatic carbocycles. The Morgan fingerprint density at radius 2 is 1.63 bits per heavy atom. The summed E-state index contributed by atoms with van der Waals surface area (Å²) in [6.45, 7) is 4.40. The van der Waals surface area contributed by atoms with Gasteiger partial charge in [-0.25, -0.2) is 9.97 Å². The molecule has 3 heterocycles. The number of imidazole rings is 2. The zero-order valence-corrected chi connectivity index (χ0v) is 20.5. The Labute approximate surface area is 207 Å². The molecule has 1 aromatic carbocycles. The molecule has 3 N–H and O–H groups in total. The molecule has 1 amide bonds. The first-order valence-electron chi connectivity index (χ1n) is 13.1.